The van der Waals surface area contributed by atoms with Crippen molar-refractivity contribution in [2.75, 3.05) is 24.6 Å². The van der Waals surface area contributed by atoms with Gasteiger partial charge in [0, 0.05) is 29.1 Å². The summed E-state index contributed by atoms with van der Waals surface area (Å²) < 4.78 is 33.6. The molecule has 1 aromatic carbocycles. The first-order valence-electron chi connectivity index (χ1n) is 12.0. The van der Waals surface area contributed by atoms with Crippen LogP contribution in [-0.4, -0.2) is 56.4 Å². The van der Waals surface area contributed by atoms with E-state index in [2.05, 4.69) is 5.32 Å². The Balaban J connectivity index is 1.63. The van der Waals surface area contributed by atoms with Gasteiger partial charge < -0.3 is 15.0 Å². The van der Waals surface area contributed by atoms with Crippen LogP contribution in [0.2, 0.25) is 4.34 Å². The van der Waals surface area contributed by atoms with Crippen LogP contribution >= 0.6 is 22.9 Å². The Hall–Kier alpha value is -2.24. The number of amides is 1. The molecule has 2 aliphatic rings. The van der Waals surface area contributed by atoms with Crippen LogP contribution in [0.5, 0.6) is 0 Å². The van der Waals surface area contributed by atoms with Crippen LogP contribution < -0.4 is 10.2 Å². The fourth-order valence-electron chi connectivity index (χ4n) is 4.65. The third-order valence-electron chi connectivity index (χ3n) is 6.40. The maximum atomic E-state index is 13.6. The summed E-state index contributed by atoms with van der Waals surface area (Å²) in [6.07, 6.45) is 3.62. The lowest BCUT2D eigenvalue weighted by Crippen LogP contribution is -2.52. The standard InChI is InChI=1S/C25H30ClN3O5S2/c1-3-34-25(31)17(2)29(36(32,33)14-11-21-8-9-23(26)35-21)22-10-13-28(24(22)30)20-7-6-19-16-27-12-4-5-18(19)15-20/h6-9,11,14-15,17,22,27H,3-5,10,12-13,16H2,1-2H3/t17-,22-/m0/s1. The maximum Gasteiger partial charge on any atom is 0.324 e. The van der Waals surface area contributed by atoms with E-state index in [1.54, 1.807) is 24.0 Å². The number of carbonyl (C=O) groups is 2. The lowest BCUT2D eigenvalue weighted by atomic mass is 10.0. The number of thiophene rings is 1. The number of ether oxygens (including phenoxy) is 1. The molecule has 2 atom stereocenters. The molecule has 11 heteroatoms. The molecule has 3 heterocycles. The molecule has 0 saturated carbocycles. The van der Waals surface area contributed by atoms with E-state index in [-0.39, 0.29) is 18.9 Å². The largest absolute Gasteiger partial charge is 0.465 e. The van der Waals surface area contributed by atoms with Gasteiger partial charge >= 0.3 is 5.97 Å². The summed E-state index contributed by atoms with van der Waals surface area (Å²) >= 11 is 7.19. The number of nitrogens with zero attached hydrogens (tertiary/aromatic N) is 2. The lowest BCUT2D eigenvalue weighted by molar-refractivity contribution is -0.147. The molecule has 194 valence electrons. The number of aryl methyl sites for hydroxylation is 1. The van der Waals surface area contributed by atoms with Crippen molar-refractivity contribution in [2.24, 2.45) is 0 Å². The van der Waals surface area contributed by atoms with Crippen LogP contribution in [0.15, 0.2) is 35.7 Å². The van der Waals surface area contributed by atoms with Crippen molar-refractivity contribution in [3.63, 3.8) is 0 Å². The fourth-order valence-corrected chi connectivity index (χ4v) is 7.23. The second kappa shape index (κ2) is 11.4. The Morgan fingerprint density at radius 2 is 2.14 bits per heavy atom. The van der Waals surface area contributed by atoms with Crippen LogP contribution in [0.3, 0.4) is 0 Å². The van der Waals surface area contributed by atoms with E-state index in [1.807, 2.05) is 18.2 Å². The lowest BCUT2D eigenvalue weighted by Gasteiger charge is -2.30. The molecule has 4 rings (SSSR count). The van der Waals surface area contributed by atoms with Crippen molar-refractivity contribution in [1.82, 2.24) is 9.62 Å². The smallest absolute Gasteiger partial charge is 0.324 e. The van der Waals surface area contributed by atoms with E-state index in [4.69, 9.17) is 16.3 Å². The average Bonchev–Trinajstić information content (AvgIpc) is 3.34. The van der Waals surface area contributed by atoms with Gasteiger partial charge in [0.1, 0.15) is 12.1 Å². The Bertz CT molecular complexity index is 1260. The molecule has 2 aliphatic heterocycles. The second-order valence-corrected chi connectivity index (χ2v) is 12.2. The van der Waals surface area contributed by atoms with Crippen molar-refractivity contribution in [3.8, 4) is 0 Å². The van der Waals surface area contributed by atoms with Crippen molar-refractivity contribution >= 4 is 56.6 Å². The molecule has 0 spiro atoms. The Labute approximate surface area is 220 Å². The Morgan fingerprint density at radius 1 is 1.33 bits per heavy atom. The van der Waals surface area contributed by atoms with Gasteiger partial charge in [0.05, 0.1) is 10.9 Å². The summed E-state index contributed by atoms with van der Waals surface area (Å²) in [5.74, 6) is -1.05. The summed E-state index contributed by atoms with van der Waals surface area (Å²) in [5, 5.41) is 4.41. The molecule has 0 aliphatic carbocycles. The highest BCUT2D eigenvalue weighted by Crippen LogP contribution is 2.31. The summed E-state index contributed by atoms with van der Waals surface area (Å²) in [6, 6.07) is 7.14. The third-order valence-corrected chi connectivity index (χ3v) is 9.24. The first-order valence-corrected chi connectivity index (χ1v) is 14.7. The summed E-state index contributed by atoms with van der Waals surface area (Å²) in [6.45, 7) is 5.30. The first kappa shape index (κ1) is 26.8. The van der Waals surface area contributed by atoms with Gasteiger partial charge in [-0.25, -0.2) is 8.42 Å². The third kappa shape index (κ3) is 5.84. The van der Waals surface area contributed by atoms with Gasteiger partial charge in [-0.1, -0.05) is 17.7 Å². The van der Waals surface area contributed by atoms with Crippen LogP contribution in [0.4, 0.5) is 5.69 Å². The molecule has 0 bridgehead atoms. The van der Waals surface area contributed by atoms with Crippen molar-refractivity contribution in [1.29, 1.82) is 0 Å². The second-order valence-electron chi connectivity index (χ2n) is 8.78. The van der Waals surface area contributed by atoms with Gasteiger partial charge in [-0.3, -0.25) is 9.59 Å². The zero-order valence-electron chi connectivity index (χ0n) is 20.3. The van der Waals surface area contributed by atoms with Gasteiger partial charge in [0.15, 0.2) is 0 Å². The number of hydrogen-bond donors (Lipinski definition) is 1. The van der Waals surface area contributed by atoms with Crippen molar-refractivity contribution in [2.45, 2.75) is 51.7 Å². The van der Waals surface area contributed by atoms with Gasteiger partial charge in [0.2, 0.25) is 15.9 Å². The molecule has 0 unspecified atom stereocenters. The molecular formula is C25H30ClN3O5S2. The van der Waals surface area contributed by atoms with E-state index in [1.165, 1.54) is 35.5 Å². The van der Waals surface area contributed by atoms with Gasteiger partial charge in [-0.05, 0) is 81.1 Å². The number of rotatable bonds is 8. The van der Waals surface area contributed by atoms with E-state index in [0.29, 0.717) is 15.8 Å². The van der Waals surface area contributed by atoms with E-state index in [0.717, 1.165) is 41.3 Å². The van der Waals surface area contributed by atoms with Crippen LogP contribution in [-0.2, 0) is 37.3 Å². The van der Waals surface area contributed by atoms with Crippen LogP contribution in [0.25, 0.3) is 6.08 Å². The zero-order chi connectivity index (χ0) is 25.9. The number of hydrogen-bond acceptors (Lipinski definition) is 7. The van der Waals surface area contributed by atoms with E-state index < -0.39 is 28.1 Å². The predicted octanol–water partition coefficient (Wildman–Crippen LogP) is 3.80. The maximum absolute atomic E-state index is 13.6. The van der Waals surface area contributed by atoms with Gasteiger partial charge in [0.25, 0.3) is 0 Å². The van der Waals surface area contributed by atoms with E-state index in [9.17, 15) is 18.0 Å². The fraction of sp³-hybridized carbons (Fsp3) is 0.440. The minimum atomic E-state index is -4.16. The highest BCUT2D eigenvalue weighted by Gasteiger charge is 2.45. The quantitative estimate of drug-likeness (QED) is 0.501. The number of benzene rings is 1. The number of anilines is 1. The minimum absolute atomic E-state index is 0.106. The number of esters is 1. The number of carbonyl (C=O) groups excluding carboxylic acids is 2. The van der Waals surface area contributed by atoms with Gasteiger partial charge in [-0.15, -0.1) is 11.3 Å². The molecule has 8 nitrogen and oxygen atoms in total. The molecule has 1 saturated heterocycles. The number of sulfonamides is 1. The molecule has 1 amide bonds. The van der Waals surface area contributed by atoms with Crippen molar-refractivity contribution in [3.05, 3.63) is 56.1 Å². The SMILES string of the molecule is CCOC(=O)[C@H](C)N([C@H]1CCN(c2ccc3c(c2)CCCNC3)C1=O)S(=O)(=O)C=Cc1ccc(Cl)s1. The van der Waals surface area contributed by atoms with Crippen LogP contribution in [0.1, 0.15) is 42.7 Å². The Morgan fingerprint density at radius 3 is 2.86 bits per heavy atom. The zero-order valence-corrected chi connectivity index (χ0v) is 22.7. The molecule has 36 heavy (non-hydrogen) atoms. The average molecular weight is 552 g/mol. The minimum Gasteiger partial charge on any atom is -0.465 e. The monoisotopic (exact) mass is 551 g/mol. The van der Waals surface area contributed by atoms with E-state index >= 15 is 0 Å². The number of nitrogens with one attached hydrogen (secondary N) is 1. The molecule has 1 N–H and O–H groups in total. The number of fused-ring (bicyclic) bond motifs is 1. The summed E-state index contributed by atoms with van der Waals surface area (Å²) in [7, 11) is -4.16. The summed E-state index contributed by atoms with van der Waals surface area (Å²) in [4.78, 5) is 28.5. The topological polar surface area (TPSA) is 96.0 Å². The van der Waals surface area contributed by atoms with Crippen LogP contribution in [0, 0.1) is 0 Å². The molecule has 1 fully saturated rings. The predicted molar refractivity (Wildman–Crippen MR) is 142 cm³/mol. The highest BCUT2D eigenvalue weighted by atomic mass is 35.5. The summed E-state index contributed by atoms with van der Waals surface area (Å²) in [5.41, 5.74) is 3.14. The normalized spacial score (nSPS) is 19.5. The molecule has 1 aromatic heterocycles. The molecular weight excluding hydrogens is 522 g/mol. The first-order chi connectivity index (χ1) is 17.2. The molecule has 0 radical (unpaired) electrons. The van der Waals surface area contributed by atoms with Crippen molar-refractivity contribution < 1.29 is 22.7 Å². The number of halogens is 1. The Kier molecular flexibility index (Phi) is 8.52. The highest BCUT2D eigenvalue weighted by molar-refractivity contribution is 7.92. The van der Waals surface area contributed by atoms with Gasteiger partial charge in [-0.2, -0.15) is 4.31 Å². The molecule has 2 aromatic rings.